The molecule has 1 saturated carbocycles. The highest BCUT2D eigenvalue weighted by molar-refractivity contribution is 5.10. The van der Waals surface area contributed by atoms with Crippen molar-refractivity contribution in [2.75, 3.05) is 0 Å². The fraction of sp³-hybridized carbons (Fsp3) is 0.857. The third kappa shape index (κ3) is 2.30. The molecule has 1 aromatic rings. The van der Waals surface area contributed by atoms with Gasteiger partial charge in [-0.05, 0) is 24.7 Å². The van der Waals surface area contributed by atoms with Crippen LogP contribution in [0.1, 0.15) is 71.0 Å². The van der Waals surface area contributed by atoms with Gasteiger partial charge in [0.05, 0.1) is 5.54 Å². The smallest absolute Gasteiger partial charge is 0.229 e. The van der Waals surface area contributed by atoms with Crippen LogP contribution in [0, 0.1) is 11.8 Å². The molecule has 1 aliphatic carbocycles. The number of rotatable bonds is 3. The van der Waals surface area contributed by atoms with Crippen LogP contribution in [0.25, 0.3) is 0 Å². The van der Waals surface area contributed by atoms with E-state index in [-0.39, 0.29) is 5.92 Å². The summed E-state index contributed by atoms with van der Waals surface area (Å²) >= 11 is 0. The molecule has 4 heteroatoms. The summed E-state index contributed by atoms with van der Waals surface area (Å²) in [7, 11) is 0. The minimum absolute atomic E-state index is 0.260. The quantitative estimate of drug-likeness (QED) is 0.896. The molecule has 0 saturated heterocycles. The molecule has 102 valence electrons. The highest BCUT2D eigenvalue weighted by Crippen LogP contribution is 2.42. The lowest BCUT2D eigenvalue weighted by atomic mass is 9.68. The first kappa shape index (κ1) is 13.5. The Labute approximate surface area is 109 Å². The summed E-state index contributed by atoms with van der Waals surface area (Å²) in [5.74, 6) is 2.67. The van der Waals surface area contributed by atoms with Gasteiger partial charge in [-0.1, -0.05) is 45.7 Å². The van der Waals surface area contributed by atoms with E-state index in [9.17, 15) is 0 Å². The van der Waals surface area contributed by atoms with Crippen molar-refractivity contribution in [2.45, 2.75) is 64.8 Å². The molecule has 2 atom stereocenters. The first-order chi connectivity index (χ1) is 8.45. The van der Waals surface area contributed by atoms with E-state index in [2.05, 4.69) is 37.8 Å². The topological polar surface area (TPSA) is 64.9 Å². The Kier molecular flexibility index (Phi) is 3.76. The van der Waals surface area contributed by atoms with E-state index in [0.29, 0.717) is 23.6 Å². The second kappa shape index (κ2) is 5.00. The second-order valence-corrected chi connectivity index (χ2v) is 6.25. The van der Waals surface area contributed by atoms with Gasteiger partial charge in [0, 0.05) is 5.92 Å². The van der Waals surface area contributed by atoms with Gasteiger partial charge in [0.15, 0.2) is 5.82 Å². The van der Waals surface area contributed by atoms with Gasteiger partial charge in [0.25, 0.3) is 0 Å². The molecular formula is C14H25N3O. The van der Waals surface area contributed by atoms with Crippen LogP contribution in [0.4, 0.5) is 0 Å². The van der Waals surface area contributed by atoms with Crippen LogP contribution in [0.2, 0.25) is 0 Å². The number of nitrogens with two attached hydrogens (primary N) is 1. The molecule has 0 aromatic carbocycles. The van der Waals surface area contributed by atoms with Crippen LogP contribution < -0.4 is 5.73 Å². The number of hydrogen-bond acceptors (Lipinski definition) is 4. The Bertz CT molecular complexity index is 399. The van der Waals surface area contributed by atoms with Crippen LogP contribution in [0.3, 0.4) is 0 Å². The van der Waals surface area contributed by atoms with E-state index >= 15 is 0 Å². The van der Waals surface area contributed by atoms with E-state index in [1.807, 2.05) is 0 Å². The molecule has 1 heterocycles. The Balaban J connectivity index is 2.31. The summed E-state index contributed by atoms with van der Waals surface area (Å²) in [6.45, 7) is 8.59. The molecule has 0 bridgehead atoms. The van der Waals surface area contributed by atoms with Crippen LogP contribution in [0.5, 0.6) is 0 Å². The molecule has 18 heavy (non-hydrogen) atoms. The number of nitrogens with zero attached hydrogens (tertiary/aromatic N) is 2. The fourth-order valence-electron chi connectivity index (χ4n) is 3.09. The molecule has 1 aliphatic rings. The fourth-order valence-corrected chi connectivity index (χ4v) is 3.09. The standard InChI is InChI=1S/C14H25N3O/c1-9(2)11-7-5-6-8-14(11,15)13-16-12(10(3)4)18-17-13/h9-11H,5-8,15H2,1-4H3. The van der Waals surface area contributed by atoms with Crippen molar-refractivity contribution in [1.82, 2.24) is 10.1 Å². The number of aromatic nitrogens is 2. The van der Waals surface area contributed by atoms with E-state index < -0.39 is 5.54 Å². The van der Waals surface area contributed by atoms with Crippen molar-refractivity contribution in [3.8, 4) is 0 Å². The molecule has 0 radical (unpaired) electrons. The predicted molar refractivity (Wildman–Crippen MR) is 71.0 cm³/mol. The normalized spacial score (nSPS) is 29.2. The Morgan fingerprint density at radius 1 is 1.28 bits per heavy atom. The van der Waals surface area contributed by atoms with Crippen molar-refractivity contribution in [2.24, 2.45) is 17.6 Å². The zero-order chi connectivity index (χ0) is 13.3. The predicted octanol–water partition coefficient (Wildman–Crippen LogP) is 3.19. The highest BCUT2D eigenvalue weighted by Gasteiger charge is 2.43. The number of hydrogen-bond donors (Lipinski definition) is 1. The maximum atomic E-state index is 6.65. The Hall–Kier alpha value is -0.900. The van der Waals surface area contributed by atoms with Crippen LogP contribution >= 0.6 is 0 Å². The monoisotopic (exact) mass is 251 g/mol. The molecule has 1 aromatic heterocycles. The van der Waals surface area contributed by atoms with Gasteiger partial charge in [-0.3, -0.25) is 0 Å². The van der Waals surface area contributed by atoms with Gasteiger partial charge in [0.1, 0.15) is 0 Å². The zero-order valence-electron chi connectivity index (χ0n) is 11.9. The highest BCUT2D eigenvalue weighted by atomic mass is 16.5. The molecule has 0 spiro atoms. The maximum Gasteiger partial charge on any atom is 0.229 e. The summed E-state index contributed by atoms with van der Waals surface area (Å²) in [6.07, 6.45) is 4.55. The molecule has 0 aliphatic heterocycles. The maximum absolute atomic E-state index is 6.65. The largest absolute Gasteiger partial charge is 0.339 e. The second-order valence-electron chi connectivity index (χ2n) is 6.25. The summed E-state index contributed by atoms with van der Waals surface area (Å²) in [5.41, 5.74) is 6.25. The van der Waals surface area contributed by atoms with E-state index in [4.69, 9.17) is 10.3 Å². The van der Waals surface area contributed by atoms with Gasteiger partial charge in [-0.2, -0.15) is 4.98 Å². The first-order valence-corrected chi connectivity index (χ1v) is 7.08. The summed E-state index contributed by atoms with van der Waals surface area (Å²) in [5, 5.41) is 4.15. The molecule has 1 fully saturated rings. The summed E-state index contributed by atoms with van der Waals surface area (Å²) in [4.78, 5) is 4.54. The summed E-state index contributed by atoms with van der Waals surface area (Å²) in [6, 6.07) is 0. The molecule has 2 rings (SSSR count). The SMILES string of the molecule is CC(C)c1nc(C2(N)CCCCC2C(C)C)no1. The lowest BCUT2D eigenvalue weighted by molar-refractivity contribution is 0.129. The van der Waals surface area contributed by atoms with E-state index in [0.717, 1.165) is 12.8 Å². The third-order valence-electron chi connectivity index (χ3n) is 4.17. The Morgan fingerprint density at radius 2 is 2.00 bits per heavy atom. The van der Waals surface area contributed by atoms with Crippen molar-refractivity contribution in [3.05, 3.63) is 11.7 Å². The minimum atomic E-state index is -0.400. The third-order valence-corrected chi connectivity index (χ3v) is 4.17. The van der Waals surface area contributed by atoms with Gasteiger partial charge >= 0.3 is 0 Å². The van der Waals surface area contributed by atoms with Crippen molar-refractivity contribution in [1.29, 1.82) is 0 Å². The average Bonchev–Trinajstić information content (AvgIpc) is 2.79. The molecule has 2 N–H and O–H groups in total. The van der Waals surface area contributed by atoms with Gasteiger partial charge in [-0.25, -0.2) is 0 Å². The van der Waals surface area contributed by atoms with Crippen molar-refractivity contribution in [3.63, 3.8) is 0 Å². The molecule has 4 nitrogen and oxygen atoms in total. The van der Waals surface area contributed by atoms with E-state index in [1.165, 1.54) is 12.8 Å². The first-order valence-electron chi connectivity index (χ1n) is 7.08. The Morgan fingerprint density at radius 3 is 2.56 bits per heavy atom. The van der Waals surface area contributed by atoms with Crippen LogP contribution in [0.15, 0.2) is 4.52 Å². The van der Waals surface area contributed by atoms with Crippen LogP contribution in [-0.4, -0.2) is 10.1 Å². The lowest BCUT2D eigenvalue weighted by Crippen LogP contribution is -2.49. The minimum Gasteiger partial charge on any atom is -0.339 e. The van der Waals surface area contributed by atoms with E-state index in [1.54, 1.807) is 0 Å². The summed E-state index contributed by atoms with van der Waals surface area (Å²) < 4.78 is 5.33. The van der Waals surface area contributed by atoms with Crippen molar-refractivity contribution >= 4 is 0 Å². The van der Waals surface area contributed by atoms with Gasteiger partial charge in [0.2, 0.25) is 5.89 Å². The van der Waals surface area contributed by atoms with Gasteiger partial charge in [-0.15, -0.1) is 0 Å². The van der Waals surface area contributed by atoms with Crippen molar-refractivity contribution < 1.29 is 4.52 Å². The zero-order valence-corrected chi connectivity index (χ0v) is 11.9. The lowest BCUT2D eigenvalue weighted by Gasteiger charge is -2.41. The molecule has 0 amide bonds. The van der Waals surface area contributed by atoms with Gasteiger partial charge < -0.3 is 10.3 Å². The molecule has 2 unspecified atom stereocenters. The molecular weight excluding hydrogens is 226 g/mol. The average molecular weight is 251 g/mol. The van der Waals surface area contributed by atoms with Crippen LogP contribution in [-0.2, 0) is 5.54 Å².